The number of nitrogens with zero attached hydrogens (tertiary/aromatic N) is 2. The van der Waals surface area contributed by atoms with Gasteiger partial charge in [-0.25, -0.2) is 0 Å². The molecule has 0 bridgehead atoms. The summed E-state index contributed by atoms with van der Waals surface area (Å²) in [7, 11) is 0. The van der Waals surface area contributed by atoms with Crippen LogP contribution in [0.25, 0.3) is 0 Å². The molecule has 0 spiro atoms. The number of nitrogens with two attached hydrogens (primary N) is 1. The van der Waals surface area contributed by atoms with E-state index in [1.54, 1.807) is 0 Å². The van der Waals surface area contributed by atoms with Crippen LogP contribution in [0.2, 0.25) is 0 Å². The zero-order valence-corrected chi connectivity index (χ0v) is 9.95. The maximum atomic E-state index is 11.6. The standard InChI is InChI=1S/C11H21N3O2/c1-2-10(15)13-6-3-7-14(9-8-13)11(16)4-5-12/h2-9,12H2,1H3. The topological polar surface area (TPSA) is 66.6 Å². The molecular weight excluding hydrogens is 206 g/mol. The van der Waals surface area contributed by atoms with Crippen molar-refractivity contribution in [1.82, 2.24) is 9.80 Å². The third-order valence-corrected chi connectivity index (χ3v) is 2.86. The summed E-state index contributed by atoms with van der Waals surface area (Å²) in [6, 6.07) is 0. The van der Waals surface area contributed by atoms with E-state index in [4.69, 9.17) is 5.73 Å². The summed E-state index contributed by atoms with van der Waals surface area (Å²) in [6.45, 7) is 5.07. The lowest BCUT2D eigenvalue weighted by molar-refractivity contribution is -0.133. The first-order valence-electron chi connectivity index (χ1n) is 5.94. The zero-order valence-electron chi connectivity index (χ0n) is 9.95. The number of carbonyl (C=O) groups is 2. The predicted molar refractivity (Wildman–Crippen MR) is 61.7 cm³/mol. The second kappa shape index (κ2) is 6.48. The Bertz CT molecular complexity index is 256. The van der Waals surface area contributed by atoms with E-state index in [0.29, 0.717) is 32.5 Å². The monoisotopic (exact) mass is 227 g/mol. The van der Waals surface area contributed by atoms with E-state index in [9.17, 15) is 9.59 Å². The van der Waals surface area contributed by atoms with E-state index in [0.717, 1.165) is 19.5 Å². The van der Waals surface area contributed by atoms with Crippen LogP contribution in [0.15, 0.2) is 0 Å². The van der Waals surface area contributed by atoms with E-state index >= 15 is 0 Å². The van der Waals surface area contributed by atoms with Crippen LogP contribution in [0.5, 0.6) is 0 Å². The fourth-order valence-corrected chi connectivity index (χ4v) is 1.92. The molecule has 16 heavy (non-hydrogen) atoms. The summed E-state index contributed by atoms with van der Waals surface area (Å²) in [5, 5.41) is 0. The molecule has 1 fully saturated rings. The third kappa shape index (κ3) is 3.48. The smallest absolute Gasteiger partial charge is 0.223 e. The summed E-state index contributed by atoms with van der Waals surface area (Å²) < 4.78 is 0. The highest BCUT2D eigenvalue weighted by Gasteiger charge is 2.20. The Morgan fingerprint density at radius 3 is 2.12 bits per heavy atom. The Balaban J connectivity index is 2.46. The molecule has 2 N–H and O–H groups in total. The third-order valence-electron chi connectivity index (χ3n) is 2.86. The van der Waals surface area contributed by atoms with Gasteiger partial charge in [0.1, 0.15) is 0 Å². The maximum Gasteiger partial charge on any atom is 0.223 e. The normalized spacial score (nSPS) is 17.1. The first-order chi connectivity index (χ1) is 7.69. The van der Waals surface area contributed by atoms with Crippen molar-refractivity contribution in [3.05, 3.63) is 0 Å². The molecule has 92 valence electrons. The van der Waals surface area contributed by atoms with Crippen molar-refractivity contribution in [2.45, 2.75) is 26.2 Å². The first-order valence-corrected chi connectivity index (χ1v) is 5.94. The number of carbonyl (C=O) groups excluding carboxylic acids is 2. The van der Waals surface area contributed by atoms with Gasteiger partial charge in [0.15, 0.2) is 0 Å². The van der Waals surface area contributed by atoms with Gasteiger partial charge in [-0.3, -0.25) is 9.59 Å². The Hall–Kier alpha value is -1.10. The van der Waals surface area contributed by atoms with Crippen molar-refractivity contribution in [3.8, 4) is 0 Å². The summed E-state index contributed by atoms with van der Waals surface area (Å²) in [4.78, 5) is 26.8. The Morgan fingerprint density at radius 2 is 1.62 bits per heavy atom. The fraction of sp³-hybridized carbons (Fsp3) is 0.818. The molecule has 1 saturated heterocycles. The SMILES string of the molecule is CCC(=O)N1CCCN(C(=O)CCN)CC1. The minimum atomic E-state index is 0.105. The molecule has 0 unspecified atom stereocenters. The minimum Gasteiger partial charge on any atom is -0.341 e. The molecule has 1 aliphatic rings. The fourth-order valence-electron chi connectivity index (χ4n) is 1.92. The highest BCUT2D eigenvalue weighted by atomic mass is 16.2. The van der Waals surface area contributed by atoms with Crippen LogP contribution in [-0.4, -0.2) is 54.3 Å². The molecule has 1 aliphatic heterocycles. The van der Waals surface area contributed by atoms with E-state index in [2.05, 4.69) is 0 Å². The average Bonchev–Trinajstić information content (AvgIpc) is 2.53. The molecule has 0 atom stereocenters. The van der Waals surface area contributed by atoms with Gasteiger partial charge in [0, 0.05) is 45.6 Å². The summed E-state index contributed by atoms with van der Waals surface area (Å²) in [6.07, 6.45) is 1.81. The molecule has 1 heterocycles. The number of hydrogen-bond acceptors (Lipinski definition) is 3. The van der Waals surface area contributed by atoms with Gasteiger partial charge in [-0.1, -0.05) is 6.92 Å². The molecule has 2 amide bonds. The Labute approximate surface area is 96.6 Å². The van der Waals surface area contributed by atoms with Gasteiger partial charge in [-0.05, 0) is 6.42 Å². The van der Waals surface area contributed by atoms with Crippen LogP contribution in [0, 0.1) is 0 Å². The molecule has 5 heteroatoms. The van der Waals surface area contributed by atoms with Gasteiger partial charge in [0.2, 0.25) is 11.8 Å². The van der Waals surface area contributed by atoms with Crippen LogP contribution >= 0.6 is 0 Å². The minimum absolute atomic E-state index is 0.105. The van der Waals surface area contributed by atoms with Gasteiger partial charge in [-0.2, -0.15) is 0 Å². The Morgan fingerprint density at radius 1 is 1.06 bits per heavy atom. The number of amides is 2. The summed E-state index contributed by atoms with van der Waals surface area (Å²) in [5.41, 5.74) is 5.36. The van der Waals surface area contributed by atoms with Gasteiger partial charge < -0.3 is 15.5 Å². The molecule has 0 aromatic heterocycles. The highest BCUT2D eigenvalue weighted by molar-refractivity contribution is 5.77. The second-order valence-electron chi connectivity index (χ2n) is 4.01. The molecule has 1 rings (SSSR count). The highest BCUT2D eigenvalue weighted by Crippen LogP contribution is 2.06. The van der Waals surface area contributed by atoms with Gasteiger partial charge in [0.05, 0.1) is 0 Å². The van der Waals surface area contributed by atoms with Crippen molar-refractivity contribution in [3.63, 3.8) is 0 Å². The summed E-state index contributed by atoms with van der Waals surface area (Å²) >= 11 is 0. The first kappa shape index (κ1) is 13.0. The van der Waals surface area contributed by atoms with Crippen molar-refractivity contribution in [2.24, 2.45) is 5.73 Å². The number of rotatable bonds is 3. The van der Waals surface area contributed by atoms with Crippen LogP contribution in [-0.2, 0) is 9.59 Å². The molecule has 5 nitrogen and oxygen atoms in total. The molecule has 0 aromatic rings. The Kier molecular flexibility index (Phi) is 5.25. The quantitative estimate of drug-likeness (QED) is 0.726. The zero-order chi connectivity index (χ0) is 12.0. The molecule has 0 radical (unpaired) electrons. The van der Waals surface area contributed by atoms with Crippen LogP contribution in [0.4, 0.5) is 0 Å². The lowest BCUT2D eigenvalue weighted by Crippen LogP contribution is -2.37. The predicted octanol–water partition coefficient (Wildman–Crippen LogP) is -0.194. The molecule has 0 aromatic carbocycles. The van der Waals surface area contributed by atoms with Crippen molar-refractivity contribution >= 4 is 11.8 Å². The number of hydrogen-bond donors (Lipinski definition) is 1. The van der Waals surface area contributed by atoms with E-state index < -0.39 is 0 Å². The average molecular weight is 227 g/mol. The van der Waals surface area contributed by atoms with E-state index in [1.165, 1.54) is 0 Å². The van der Waals surface area contributed by atoms with Crippen molar-refractivity contribution in [2.75, 3.05) is 32.7 Å². The van der Waals surface area contributed by atoms with E-state index in [1.807, 2.05) is 16.7 Å². The maximum absolute atomic E-state index is 11.6. The molecule has 0 aliphatic carbocycles. The van der Waals surface area contributed by atoms with E-state index in [-0.39, 0.29) is 11.8 Å². The van der Waals surface area contributed by atoms with Gasteiger partial charge in [0.25, 0.3) is 0 Å². The van der Waals surface area contributed by atoms with Crippen LogP contribution < -0.4 is 5.73 Å². The molecule has 0 saturated carbocycles. The molecular formula is C11H21N3O2. The lowest BCUT2D eigenvalue weighted by atomic mass is 10.3. The second-order valence-corrected chi connectivity index (χ2v) is 4.01. The van der Waals surface area contributed by atoms with Crippen LogP contribution in [0.3, 0.4) is 0 Å². The summed E-state index contributed by atoms with van der Waals surface area (Å²) in [5.74, 6) is 0.279. The largest absolute Gasteiger partial charge is 0.341 e. The van der Waals surface area contributed by atoms with Crippen LogP contribution in [0.1, 0.15) is 26.2 Å². The van der Waals surface area contributed by atoms with Crippen molar-refractivity contribution < 1.29 is 9.59 Å². The van der Waals surface area contributed by atoms with Gasteiger partial charge >= 0.3 is 0 Å². The lowest BCUT2D eigenvalue weighted by Gasteiger charge is -2.21. The van der Waals surface area contributed by atoms with Crippen molar-refractivity contribution in [1.29, 1.82) is 0 Å². The van der Waals surface area contributed by atoms with Gasteiger partial charge in [-0.15, -0.1) is 0 Å².